The second kappa shape index (κ2) is 4.94. The van der Waals surface area contributed by atoms with Gasteiger partial charge in [-0.15, -0.1) is 0 Å². The first-order valence-corrected chi connectivity index (χ1v) is 6.62. The predicted octanol–water partition coefficient (Wildman–Crippen LogP) is 3.33. The van der Waals surface area contributed by atoms with E-state index in [0.29, 0.717) is 21.8 Å². The first-order valence-electron chi connectivity index (χ1n) is 6.24. The summed E-state index contributed by atoms with van der Waals surface area (Å²) in [4.78, 5) is 23.8. The van der Waals surface area contributed by atoms with Crippen LogP contribution >= 0.6 is 11.6 Å². The van der Waals surface area contributed by atoms with Gasteiger partial charge in [0.2, 0.25) is 0 Å². The highest BCUT2D eigenvalue weighted by Crippen LogP contribution is 2.37. The van der Waals surface area contributed by atoms with Crippen LogP contribution in [-0.2, 0) is 14.3 Å². The molecule has 0 aromatic heterocycles. The summed E-state index contributed by atoms with van der Waals surface area (Å²) in [5, 5.41) is 3.30. The Bertz CT molecular complexity index is 627. The number of rotatable bonds is 1. The normalized spacial score (nSPS) is 16.1. The van der Waals surface area contributed by atoms with Crippen LogP contribution in [0.5, 0.6) is 0 Å². The molecule has 4 nitrogen and oxygen atoms in total. The highest BCUT2D eigenvalue weighted by Gasteiger charge is 2.28. The molecule has 1 heterocycles. The molecule has 0 radical (unpaired) electrons. The van der Waals surface area contributed by atoms with Crippen LogP contribution in [0, 0.1) is 6.92 Å². The molecule has 0 fully saturated rings. The minimum atomic E-state index is -0.595. The van der Waals surface area contributed by atoms with Gasteiger partial charge in [-0.2, -0.15) is 0 Å². The number of hydrogen-bond donors (Lipinski definition) is 1. The monoisotopic (exact) mass is 293 g/mol. The molecular weight excluding hydrogens is 278 g/mol. The third-order valence-electron chi connectivity index (χ3n) is 2.84. The van der Waals surface area contributed by atoms with E-state index in [-0.39, 0.29) is 5.91 Å². The Labute approximate surface area is 122 Å². The smallest absolute Gasteiger partial charge is 0.332 e. The van der Waals surface area contributed by atoms with E-state index in [9.17, 15) is 9.59 Å². The summed E-state index contributed by atoms with van der Waals surface area (Å²) < 4.78 is 5.20. The average molecular weight is 294 g/mol. The summed E-state index contributed by atoms with van der Waals surface area (Å²) in [6, 6.07) is 3.43. The molecule has 0 spiro atoms. The Morgan fingerprint density at radius 2 is 2.00 bits per heavy atom. The topological polar surface area (TPSA) is 55.4 Å². The van der Waals surface area contributed by atoms with Crippen molar-refractivity contribution < 1.29 is 14.3 Å². The fourth-order valence-electron chi connectivity index (χ4n) is 1.97. The second-order valence-electron chi connectivity index (χ2n) is 5.64. The van der Waals surface area contributed by atoms with Crippen LogP contribution in [-0.4, -0.2) is 17.5 Å². The fourth-order valence-corrected chi connectivity index (χ4v) is 2.12. The van der Waals surface area contributed by atoms with Crippen LogP contribution in [0.4, 0.5) is 5.69 Å². The Balaban J connectivity index is 2.39. The van der Waals surface area contributed by atoms with Gasteiger partial charge in [0.05, 0.1) is 11.3 Å². The van der Waals surface area contributed by atoms with E-state index in [1.54, 1.807) is 32.9 Å². The molecule has 0 saturated heterocycles. The van der Waals surface area contributed by atoms with Gasteiger partial charge in [0.15, 0.2) is 0 Å². The predicted molar refractivity (Wildman–Crippen MR) is 78.6 cm³/mol. The number of carbonyl (C=O) groups is 2. The van der Waals surface area contributed by atoms with Crippen molar-refractivity contribution in [3.8, 4) is 0 Å². The molecule has 5 heteroatoms. The van der Waals surface area contributed by atoms with Crippen LogP contribution in [0.3, 0.4) is 0 Å². The van der Waals surface area contributed by atoms with Crippen molar-refractivity contribution in [3.63, 3.8) is 0 Å². The number of halogens is 1. The van der Waals surface area contributed by atoms with Crippen LogP contribution in [0.15, 0.2) is 18.2 Å². The van der Waals surface area contributed by atoms with E-state index in [2.05, 4.69) is 5.32 Å². The molecule has 1 amide bonds. The van der Waals surface area contributed by atoms with Crippen molar-refractivity contribution in [2.45, 2.75) is 33.3 Å². The van der Waals surface area contributed by atoms with Crippen molar-refractivity contribution in [1.29, 1.82) is 0 Å². The van der Waals surface area contributed by atoms with E-state index in [1.165, 1.54) is 6.08 Å². The summed E-state index contributed by atoms with van der Waals surface area (Å²) in [5.41, 5.74) is 1.81. The number of ether oxygens (including phenoxy) is 1. The Kier molecular flexibility index (Phi) is 3.61. The third kappa shape index (κ3) is 2.85. The molecule has 0 aliphatic carbocycles. The Morgan fingerprint density at radius 3 is 2.60 bits per heavy atom. The van der Waals surface area contributed by atoms with Gasteiger partial charge in [0.25, 0.3) is 5.91 Å². The highest BCUT2D eigenvalue weighted by molar-refractivity contribution is 6.36. The SMILES string of the molecule is Cc1c(Cl)ccc2c1NC(=O)/C2=C/C(=O)OC(C)(C)C. The number of hydrogen-bond acceptors (Lipinski definition) is 3. The molecule has 1 aliphatic heterocycles. The molecule has 0 unspecified atom stereocenters. The first-order chi connectivity index (χ1) is 9.19. The van der Waals surface area contributed by atoms with Gasteiger partial charge >= 0.3 is 5.97 Å². The molecule has 1 aromatic carbocycles. The number of fused-ring (bicyclic) bond motifs is 1. The van der Waals surface area contributed by atoms with Gasteiger partial charge in [-0.3, -0.25) is 4.79 Å². The maximum atomic E-state index is 12.0. The maximum Gasteiger partial charge on any atom is 0.332 e. The van der Waals surface area contributed by atoms with E-state index < -0.39 is 11.6 Å². The lowest BCUT2D eigenvalue weighted by molar-refractivity contribution is -0.148. The van der Waals surface area contributed by atoms with Crippen LogP contribution in [0.2, 0.25) is 5.02 Å². The summed E-state index contributed by atoms with van der Waals surface area (Å²) >= 11 is 6.02. The summed E-state index contributed by atoms with van der Waals surface area (Å²) in [6.07, 6.45) is 1.22. The Hall–Kier alpha value is -1.81. The largest absolute Gasteiger partial charge is 0.457 e. The van der Waals surface area contributed by atoms with Gasteiger partial charge in [0, 0.05) is 16.7 Å². The van der Waals surface area contributed by atoms with Gasteiger partial charge < -0.3 is 10.1 Å². The van der Waals surface area contributed by atoms with Crippen LogP contribution in [0.1, 0.15) is 31.9 Å². The van der Waals surface area contributed by atoms with Crippen molar-refractivity contribution in [2.75, 3.05) is 5.32 Å². The molecule has 0 saturated carbocycles. The lowest BCUT2D eigenvalue weighted by Gasteiger charge is -2.18. The minimum absolute atomic E-state index is 0.300. The summed E-state index contributed by atoms with van der Waals surface area (Å²) in [7, 11) is 0. The van der Waals surface area contributed by atoms with Crippen molar-refractivity contribution in [3.05, 3.63) is 34.4 Å². The number of anilines is 1. The lowest BCUT2D eigenvalue weighted by atomic mass is 10.0. The fraction of sp³-hybridized carbons (Fsp3) is 0.333. The standard InChI is InChI=1S/C15H16ClNO3/c1-8-11(16)6-5-9-10(14(19)17-13(8)9)7-12(18)20-15(2,3)4/h5-7H,1-4H3,(H,17,19)/b10-7+. The van der Waals surface area contributed by atoms with Gasteiger partial charge in [-0.1, -0.05) is 17.7 Å². The molecule has 106 valence electrons. The zero-order valence-corrected chi connectivity index (χ0v) is 12.6. The second-order valence-corrected chi connectivity index (χ2v) is 6.05. The van der Waals surface area contributed by atoms with Crippen molar-refractivity contribution in [1.82, 2.24) is 0 Å². The molecule has 1 aromatic rings. The zero-order chi connectivity index (χ0) is 15.1. The molecule has 1 aliphatic rings. The molecule has 20 heavy (non-hydrogen) atoms. The van der Waals surface area contributed by atoms with E-state index in [4.69, 9.17) is 16.3 Å². The number of amides is 1. The van der Waals surface area contributed by atoms with Crippen molar-refractivity contribution >= 4 is 34.7 Å². The zero-order valence-electron chi connectivity index (χ0n) is 11.8. The van der Waals surface area contributed by atoms with Gasteiger partial charge in [-0.25, -0.2) is 4.79 Å². The van der Waals surface area contributed by atoms with E-state index in [1.807, 2.05) is 6.92 Å². The minimum Gasteiger partial charge on any atom is -0.457 e. The lowest BCUT2D eigenvalue weighted by Crippen LogP contribution is -2.23. The quantitative estimate of drug-likeness (QED) is 0.638. The summed E-state index contributed by atoms with van der Waals surface area (Å²) in [5.74, 6) is -0.862. The molecule has 2 rings (SSSR count). The van der Waals surface area contributed by atoms with Crippen LogP contribution < -0.4 is 5.32 Å². The first kappa shape index (κ1) is 14.6. The highest BCUT2D eigenvalue weighted by atomic mass is 35.5. The number of benzene rings is 1. The van der Waals surface area contributed by atoms with E-state index >= 15 is 0 Å². The van der Waals surface area contributed by atoms with Crippen LogP contribution in [0.25, 0.3) is 5.57 Å². The molecule has 0 atom stereocenters. The van der Waals surface area contributed by atoms with Gasteiger partial charge in [-0.05, 0) is 39.3 Å². The molecular formula is C15H16ClNO3. The average Bonchev–Trinajstić information content (AvgIpc) is 2.60. The van der Waals surface area contributed by atoms with E-state index in [0.717, 1.165) is 5.56 Å². The number of carbonyl (C=O) groups excluding carboxylic acids is 2. The molecule has 1 N–H and O–H groups in total. The summed E-state index contributed by atoms with van der Waals surface area (Å²) in [6.45, 7) is 7.14. The number of nitrogens with one attached hydrogen (secondary N) is 1. The Morgan fingerprint density at radius 1 is 1.35 bits per heavy atom. The van der Waals surface area contributed by atoms with Gasteiger partial charge in [0.1, 0.15) is 5.60 Å². The number of esters is 1. The van der Waals surface area contributed by atoms with Crippen molar-refractivity contribution in [2.24, 2.45) is 0 Å². The molecule has 0 bridgehead atoms. The third-order valence-corrected chi connectivity index (χ3v) is 3.25. The maximum absolute atomic E-state index is 12.0.